The van der Waals surface area contributed by atoms with Gasteiger partial charge in [-0.05, 0) is 59.9 Å². The van der Waals surface area contributed by atoms with Crippen LogP contribution in [0.1, 0.15) is 37.3 Å². The second-order valence-corrected chi connectivity index (χ2v) is 10.8. The fourth-order valence-electron chi connectivity index (χ4n) is 2.98. The Morgan fingerprint density at radius 3 is 1.87 bits per heavy atom. The largest absolute Gasteiger partial charge is 0.280 e. The summed E-state index contributed by atoms with van der Waals surface area (Å²) in [6.07, 6.45) is 0.972. The van der Waals surface area contributed by atoms with E-state index in [1.807, 2.05) is 42.5 Å². The molecule has 0 spiro atoms. The van der Waals surface area contributed by atoms with E-state index in [-0.39, 0.29) is 22.0 Å². The molecule has 0 aliphatic heterocycles. The Hall–Kier alpha value is -2.68. The van der Waals surface area contributed by atoms with Crippen molar-refractivity contribution in [2.24, 2.45) is 0 Å². The lowest BCUT2D eigenvalue weighted by molar-refractivity contribution is 0.581. The molecule has 0 saturated carbocycles. The van der Waals surface area contributed by atoms with E-state index in [9.17, 15) is 16.8 Å². The summed E-state index contributed by atoms with van der Waals surface area (Å²) in [4.78, 5) is 0.213. The molecule has 0 amide bonds. The van der Waals surface area contributed by atoms with Crippen LogP contribution < -0.4 is 9.44 Å². The lowest BCUT2D eigenvalue weighted by Gasteiger charge is -2.12. The normalized spacial score (nSPS) is 13.0. The molecule has 0 saturated heterocycles. The van der Waals surface area contributed by atoms with Crippen LogP contribution in [0, 0.1) is 0 Å². The Morgan fingerprint density at radius 2 is 1.29 bits per heavy atom. The molecule has 0 fully saturated rings. The van der Waals surface area contributed by atoms with E-state index in [1.165, 1.54) is 24.3 Å². The summed E-state index contributed by atoms with van der Waals surface area (Å²) in [6, 6.07) is 21.6. The molecular formula is C23H26N2O4S2. The first-order valence-electron chi connectivity index (χ1n) is 9.98. The van der Waals surface area contributed by atoms with Gasteiger partial charge in [-0.1, -0.05) is 56.3 Å². The monoisotopic (exact) mass is 458 g/mol. The molecule has 0 aliphatic rings. The van der Waals surface area contributed by atoms with Crippen LogP contribution in [-0.4, -0.2) is 16.8 Å². The zero-order valence-corrected chi connectivity index (χ0v) is 19.1. The van der Waals surface area contributed by atoms with Crippen molar-refractivity contribution in [3.05, 3.63) is 90.0 Å². The number of sulfonamides is 2. The molecule has 0 aliphatic carbocycles. The van der Waals surface area contributed by atoms with Gasteiger partial charge >= 0.3 is 0 Å². The quantitative estimate of drug-likeness (QED) is 0.494. The summed E-state index contributed by atoms with van der Waals surface area (Å²) in [5.41, 5.74) is 2.21. The van der Waals surface area contributed by atoms with Gasteiger partial charge in [0, 0.05) is 12.2 Å². The number of benzene rings is 3. The topological polar surface area (TPSA) is 92.3 Å². The highest BCUT2D eigenvalue weighted by atomic mass is 32.2. The highest BCUT2D eigenvalue weighted by Gasteiger charge is 2.17. The second-order valence-electron chi connectivity index (χ2n) is 7.32. The summed E-state index contributed by atoms with van der Waals surface area (Å²) in [6.45, 7) is 4.34. The van der Waals surface area contributed by atoms with Crippen LogP contribution in [0.4, 0.5) is 5.69 Å². The molecule has 0 unspecified atom stereocenters. The third-order valence-electron chi connectivity index (χ3n) is 5.10. The van der Waals surface area contributed by atoms with Crippen LogP contribution in [0.2, 0.25) is 0 Å². The van der Waals surface area contributed by atoms with Crippen LogP contribution in [0.5, 0.6) is 0 Å². The number of anilines is 1. The molecular weight excluding hydrogens is 432 g/mol. The fraction of sp³-hybridized carbons (Fsp3) is 0.217. The molecule has 8 heteroatoms. The Bertz CT molecular complexity index is 1210. The van der Waals surface area contributed by atoms with E-state index in [2.05, 4.69) is 23.3 Å². The Morgan fingerprint density at radius 1 is 0.742 bits per heavy atom. The van der Waals surface area contributed by atoms with Crippen molar-refractivity contribution in [1.29, 1.82) is 0 Å². The van der Waals surface area contributed by atoms with Gasteiger partial charge in [0.25, 0.3) is 10.0 Å². The molecule has 3 aromatic carbocycles. The molecule has 0 bridgehead atoms. The predicted molar refractivity (Wildman–Crippen MR) is 123 cm³/mol. The van der Waals surface area contributed by atoms with Gasteiger partial charge in [0.05, 0.1) is 9.79 Å². The first-order chi connectivity index (χ1) is 14.7. The summed E-state index contributed by atoms with van der Waals surface area (Å²) in [5, 5.41) is 0. The van der Waals surface area contributed by atoms with E-state index in [1.54, 1.807) is 12.1 Å². The van der Waals surface area contributed by atoms with Crippen LogP contribution in [-0.2, 0) is 26.6 Å². The van der Waals surface area contributed by atoms with Crippen molar-refractivity contribution in [3.8, 4) is 0 Å². The van der Waals surface area contributed by atoms with Gasteiger partial charge in [-0.2, -0.15) is 0 Å². The van der Waals surface area contributed by atoms with Crippen molar-refractivity contribution in [3.63, 3.8) is 0 Å². The molecule has 0 aromatic heterocycles. The van der Waals surface area contributed by atoms with Crippen LogP contribution in [0.25, 0.3) is 0 Å². The molecule has 0 radical (unpaired) electrons. The third-order valence-corrected chi connectivity index (χ3v) is 7.91. The lowest BCUT2D eigenvalue weighted by atomic mass is 9.99. The van der Waals surface area contributed by atoms with Crippen molar-refractivity contribution < 1.29 is 16.8 Å². The zero-order valence-electron chi connectivity index (χ0n) is 17.4. The van der Waals surface area contributed by atoms with E-state index in [0.29, 0.717) is 5.92 Å². The number of hydrogen-bond acceptors (Lipinski definition) is 4. The SMILES string of the molecule is CC[C@@H](C)c1ccc(S(=O)(=O)Nc2ccc(S(=O)(=O)NCc3ccccc3)cc2)cc1. The van der Waals surface area contributed by atoms with Gasteiger partial charge < -0.3 is 0 Å². The minimum absolute atomic E-state index is 0.0595. The van der Waals surface area contributed by atoms with E-state index >= 15 is 0 Å². The summed E-state index contributed by atoms with van der Waals surface area (Å²) >= 11 is 0. The zero-order chi connectivity index (χ0) is 22.5. The van der Waals surface area contributed by atoms with Crippen LogP contribution in [0.15, 0.2) is 88.7 Å². The van der Waals surface area contributed by atoms with Gasteiger partial charge in [0.2, 0.25) is 10.0 Å². The number of nitrogens with one attached hydrogen (secondary N) is 2. The standard InChI is InChI=1S/C23H26N2O4S2/c1-3-18(2)20-9-13-23(14-10-20)31(28,29)25-21-11-15-22(16-12-21)30(26,27)24-17-19-7-5-4-6-8-19/h4-16,18,24-25H,3,17H2,1-2H3/t18-/m1/s1. The molecule has 0 heterocycles. The van der Waals surface area contributed by atoms with E-state index < -0.39 is 20.0 Å². The third kappa shape index (κ3) is 5.94. The Kier molecular flexibility index (Phi) is 7.15. The highest BCUT2D eigenvalue weighted by molar-refractivity contribution is 7.92. The Balaban J connectivity index is 1.69. The first-order valence-corrected chi connectivity index (χ1v) is 12.9. The van der Waals surface area contributed by atoms with Crippen molar-refractivity contribution in [1.82, 2.24) is 4.72 Å². The van der Waals surface area contributed by atoms with Crippen LogP contribution in [0.3, 0.4) is 0 Å². The van der Waals surface area contributed by atoms with E-state index in [0.717, 1.165) is 17.5 Å². The predicted octanol–water partition coefficient (Wildman–Crippen LogP) is 4.48. The molecule has 3 aromatic rings. The highest BCUT2D eigenvalue weighted by Crippen LogP contribution is 2.22. The molecule has 6 nitrogen and oxygen atoms in total. The summed E-state index contributed by atoms with van der Waals surface area (Å²) < 4.78 is 55.3. The van der Waals surface area contributed by atoms with Gasteiger partial charge in [-0.25, -0.2) is 21.6 Å². The maximum absolute atomic E-state index is 12.7. The minimum atomic E-state index is -3.77. The number of hydrogen-bond donors (Lipinski definition) is 2. The number of rotatable bonds is 9. The second kappa shape index (κ2) is 9.64. The first kappa shape index (κ1) is 23.0. The average Bonchev–Trinajstić information content (AvgIpc) is 2.78. The van der Waals surface area contributed by atoms with Gasteiger partial charge in [-0.3, -0.25) is 4.72 Å². The molecule has 164 valence electrons. The smallest absolute Gasteiger partial charge is 0.261 e. The lowest BCUT2D eigenvalue weighted by Crippen LogP contribution is -2.23. The minimum Gasteiger partial charge on any atom is -0.280 e. The van der Waals surface area contributed by atoms with Gasteiger partial charge in [0.15, 0.2) is 0 Å². The van der Waals surface area contributed by atoms with Crippen LogP contribution >= 0.6 is 0 Å². The maximum Gasteiger partial charge on any atom is 0.261 e. The molecule has 2 N–H and O–H groups in total. The summed E-state index contributed by atoms with van der Waals surface area (Å²) in [5.74, 6) is 0.356. The van der Waals surface area contributed by atoms with Crippen molar-refractivity contribution in [2.75, 3.05) is 4.72 Å². The average molecular weight is 459 g/mol. The van der Waals surface area contributed by atoms with E-state index in [4.69, 9.17) is 0 Å². The molecule has 3 rings (SSSR count). The van der Waals surface area contributed by atoms with Crippen molar-refractivity contribution in [2.45, 2.75) is 42.5 Å². The van der Waals surface area contributed by atoms with Gasteiger partial charge in [-0.15, -0.1) is 0 Å². The summed E-state index contributed by atoms with van der Waals surface area (Å²) in [7, 11) is -7.49. The molecule has 1 atom stereocenters. The maximum atomic E-state index is 12.7. The van der Waals surface area contributed by atoms with Gasteiger partial charge in [0.1, 0.15) is 0 Å². The Labute approximate surface area is 184 Å². The fourth-order valence-corrected chi connectivity index (χ4v) is 5.06. The van der Waals surface area contributed by atoms with Crippen molar-refractivity contribution >= 4 is 25.7 Å². The molecule has 31 heavy (non-hydrogen) atoms.